The first-order valence-electron chi connectivity index (χ1n) is 6.63. The van der Waals surface area contributed by atoms with Crippen LogP contribution in [0, 0.1) is 11.3 Å². The average molecular weight is 273 g/mol. The summed E-state index contributed by atoms with van der Waals surface area (Å²) < 4.78 is 0. The molecular formula is C15H19N3O2. The predicted octanol–water partition coefficient (Wildman–Crippen LogP) is 1.15. The first kappa shape index (κ1) is 14.5. The van der Waals surface area contributed by atoms with Gasteiger partial charge in [0.25, 0.3) is 0 Å². The number of nitriles is 1. The highest BCUT2D eigenvalue weighted by Crippen LogP contribution is 2.23. The number of hydrogen-bond donors (Lipinski definition) is 1. The third-order valence-corrected chi connectivity index (χ3v) is 3.87. The summed E-state index contributed by atoms with van der Waals surface area (Å²) in [5, 5.41) is 18.1. The number of aliphatic carboxylic acids is 1. The first-order chi connectivity index (χ1) is 9.51. The third-order valence-electron chi connectivity index (χ3n) is 3.87. The van der Waals surface area contributed by atoms with Crippen molar-refractivity contribution < 1.29 is 9.90 Å². The van der Waals surface area contributed by atoms with Gasteiger partial charge >= 0.3 is 5.97 Å². The van der Waals surface area contributed by atoms with Crippen LogP contribution in [0.4, 0.5) is 0 Å². The van der Waals surface area contributed by atoms with Crippen LogP contribution in [0.1, 0.15) is 17.5 Å². The van der Waals surface area contributed by atoms with Gasteiger partial charge in [-0.25, -0.2) is 0 Å². The number of hydrogen-bond acceptors (Lipinski definition) is 4. The van der Waals surface area contributed by atoms with Gasteiger partial charge in [-0.2, -0.15) is 5.26 Å². The molecule has 1 fully saturated rings. The van der Waals surface area contributed by atoms with Crippen LogP contribution in [0.25, 0.3) is 0 Å². The van der Waals surface area contributed by atoms with Crippen molar-refractivity contribution in [2.45, 2.75) is 25.0 Å². The Labute approximate surface area is 119 Å². The molecule has 2 atom stereocenters. The number of carbonyl (C=O) groups is 1. The van der Waals surface area contributed by atoms with E-state index in [1.54, 1.807) is 12.1 Å². The summed E-state index contributed by atoms with van der Waals surface area (Å²) in [4.78, 5) is 15.4. The summed E-state index contributed by atoms with van der Waals surface area (Å²) in [7, 11) is 3.96. The van der Waals surface area contributed by atoms with Gasteiger partial charge in [0, 0.05) is 19.1 Å². The zero-order chi connectivity index (χ0) is 14.7. The zero-order valence-electron chi connectivity index (χ0n) is 11.8. The standard InChI is InChI=1S/C15H19N3O2/c1-17(2)13-7-14(15(19)20)18(10-13)9-12-5-3-11(8-16)4-6-12/h3-6,13-14H,7,9-10H2,1-2H3,(H,19,20)/t13-,14+/m1/s1. The summed E-state index contributed by atoms with van der Waals surface area (Å²) in [6.07, 6.45) is 0.651. The van der Waals surface area contributed by atoms with Gasteiger partial charge in [-0.1, -0.05) is 12.1 Å². The molecule has 1 N–H and O–H groups in total. The van der Waals surface area contributed by atoms with E-state index in [2.05, 4.69) is 11.0 Å². The number of nitrogens with zero attached hydrogens (tertiary/aromatic N) is 3. The van der Waals surface area contributed by atoms with Crippen molar-refractivity contribution in [3.05, 3.63) is 35.4 Å². The first-order valence-corrected chi connectivity index (χ1v) is 6.63. The molecule has 5 heteroatoms. The van der Waals surface area contributed by atoms with Crippen LogP contribution in [0.3, 0.4) is 0 Å². The molecule has 0 aromatic heterocycles. The summed E-state index contributed by atoms with van der Waals surface area (Å²) in [6, 6.07) is 9.24. The fourth-order valence-corrected chi connectivity index (χ4v) is 2.60. The SMILES string of the molecule is CN(C)[C@@H]1C[C@@H](C(=O)O)N(Cc2ccc(C#N)cc2)C1. The van der Waals surface area contributed by atoms with Crippen LogP contribution in [0.5, 0.6) is 0 Å². The van der Waals surface area contributed by atoms with Crippen molar-refractivity contribution in [3.63, 3.8) is 0 Å². The maximum absolute atomic E-state index is 11.4. The Morgan fingerprint density at radius 2 is 2.10 bits per heavy atom. The summed E-state index contributed by atoms with van der Waals surface area (Å²) >= 11 is 0. The van der Waals surface area contributed by atoms with Gasteiger partial charge in [-0.05, 0) is 38.2 Å². The van der Waals surface area contributed by atoms with E-state index >= 15 is 0 Å². The van der Waals surface area contributed by atoms with Crippen LogP contribution in [-0.2, 0) is 11.3 Å². The lowest BCUT2D eigenvalue weighted by Gasteiger charge is -2.22. The van der Waals surface area contributed by atoms with Crippen LogP contribution in [0.15, 0.2) is 24.3 Å². The van der Waals surface area contributed by atoms with Gasteiger partial charge in [0.05, 0.1) is 11.6 Å². The average Bonchev–Trinajstić information content (AvgIpc) is 2.84. The molecule has 1 aromatic rings. The molecule has 1 aliphatic heterocycles. The van der Waals surface area contributed by atoms with Crippen molar-refractivity contribution in [2.24, 2.45) is 0 Å². The largest absolute Gasteiger partial charge is 0.480 e. The molecule has 0 bridgehead atoms. The van der Waals surface area contributed by atoms with Gasteiger partial charge in [-0.15, -0.1) is 0 Å². The molecule has 5 nitrogen and oxygen atoms in total. The van der Waals surface area contributed by atoms with Gasteiger partial charge in [-0.3, -0.25) is 9.69 Å². The van der Waals surface area contributed by atoms with Crippen molar-refractivity contribution in [1.82, 2.24) is 9.80 Å². The second-order valence-electron chi connectivity index (χ2n) is 5.45. The van der Waals surface area contributed by atoms with E-state index in [-0.39, 0.29) is 6.04 Å². The number of carboxylic acids is 1. The fraction of sp³-hybridized carbons (Fsp3) is 0.467. The highest BCUT2D eigenvalue weighted by Gasteiger charge is 2.37. The van der Waals surface area contributed by atoms with Crippen LogP contribution in [0.2, 0.25) is 0 Å². The Morgan fingerprint density at radius 3 is 2.60 bits per heavy atom. The van der Waals surface area contributed by atoms with Gasteiger partial charge in [0.1, 0.15) is 6.04 Å². The molecule has 20 heavy (non-hydrogen) atoms. The summed E-state index contributed by atoms with van der Waals surface area (Å²) in [6.45, 7) is 1.36. The smallest absolute Gasteiger partial charge is 0.320 e. The van der Waals surface area contributed by atoms with Crippen LogP contribution < -0.4 is 0 Å². The molecule has 1 aliphatic rings. The number of rotatable bonds is 4. The normalized spacial score (nSPS) is 22.9. The van der Waals surface area contributed by atoms with E-state index < -0.39 is 12.0 Å². The third kappa shape index (κ3) is 3.16. The molecule has 0 spiro atoms. The topological polar surface area (TPSA) is 67.6 Å². The maximum Gasteiger partial charge on any atom is 0.320 e. The predicted molar refractivity (Wildman–Crippen MR) is 75.1 cm³/mol. The van der Waals surface area contributed by atoms with E-state index in [4.69, 9.17) is 5.26 Å². The monoisotopic (exact) mass is 273 g/mol. The molecule has 106 valence electrons. The van der Waals surface area contributed by atoms with E-state index in [0.717, 1.165) is 12.1 Å². The lowest BCUT2D eigenvalue weighted by atomic mass is 10.1. The molecule has 1 heterocycles. The van der Waals surface area contributed by atoms with Gasteiger partial charge in [0.2, 0.25) is 0 Å². The number of likely N-dealkylation sites (tertiary alicyclic amines) is 1. The zero-order valence-corrected chi connectivity index (χ0v) is 11.8. The second-order valence-corrected chi connectivity index (χ2v) is 5.45. The number of benzene rings is 1. The van der Waals surface area contributed by atoms with Crippen molar-refractivity contribution in [2.75, 3.05) is 20.6 Å². The minimum Gasteiger partial charge on any atom is -0.480 e. The second kappa shape index (κ2) is 6.04. The van der Waals surface area contributed by atoms with Crippen LogP contribution >= 0.6 is 0 Å². The maximum atomic E-state index is 11.4. The minimum absolute atomic E-state index is 0.273. The van der Waals surface area contributed by atoms with Crippen molar-refractivity contribution in [3.8, 4) is 6.07 Å². The molecule has 0 saturated carbocycles. The van der Waals surface area contributed by atoms with Gasteiger partial charge in [0.15, 0.2) is 0 Å². The quantitative estimate of drug-likeness (QED) is 0.891. The molecule has 0 unspecified atom stereocenters. The Bertz CT molecular complexity index is 519. The Morgan fingerprint density at radius 1 is 1.45 bits per heavy atom. The lowest BCUT2D eigenvalue weighted by molar-refractivity contribution is -0.142. The molecule has 0 aliphatic carbocycles. The molecule has 1 aromatic carbocycles. The van der Waals surface area contributed by atoms with E-state index in [9.17, 15) is 9.90 Å². The van der Waals surface area contributed by atoms with Crippen molar-refractivity contribution in [1.29, 1.82) is 5.26 Å². The molecule has 0 amide bonds. The molecule has 1 saturated heterocycles. The number of likely N-dealkylation sites (N-methyl/N-ethyl adjacent to an activating group) is 1. The Balaban J connectivity index is 2.09. The molecular weight excluding hydrogens is 254 g/mol. The molecule has 2 rings (SSSR count). The Hall–Kier alpha value is -1.90. The summed E-state index contributed by atoms with van der Waals surface area (Å²) in [5.41, 5.74) is 1.66. The lowest BCUT2D eigenvalue weighted by Crippen LogP contribution is -2.35. The minimum atomic E-state index is -0.761. The number of carboxylic acid groups (broad SMARTS) is 1. The van der Waals surface area contributed by atoms with E-state index in [1.807, 2.05) is 31.1 Å². The fourth-order valence-electron chi connectivity index (χ4n) is 2.60. The van der Waals surface area contributed by atoms with E-state index in [0.29, 0.717) is 18.5 Å². The molecule has 0 radical (unpaired) electrons. The van der Waals surface area contributed by atoms with Gasteiger partial charge < -0.3 is 10.0 Å². The van der Waals surface area contributed by atoms with Crippen molar-refractivity contribution >= 4 is 5.97 Å². The highest BCUT2D eigenvalue weighted by molar-refractivity contribution is 5.74. The van der Waals surface area contributed by atoms with E-state index in [1.165, 1.54) is 0 Å². The highest BCUT2D eigenvalue weighted by atomic mass is 16.4. The Kier molecular flexibility index (Phi) is 4.38. The summed E-state index contributed by atoms with van der Waals surface area (Å²) in [5.74, 6) is -0.761. The van der Waals surface area contributed by atoms with Crippen LogP contribution in [-0.4, -0.2) is 53.6 Å².